The molecule has 0 heterocycles. The summed E-state index contributed by atoms with van der Waals surface area (Å²) in [6.45, 7) is 0. The summed E-state index contributed by atoms with van der Waals surface area (Å²) in [7, 11) is 1.54. The average Bonchev–Trinajstić information content (AvgIpc) is 1.92. The fourth-order valence-electron chi connectivity index (χ4n) is 0.877. The Morgan fingerprint density at radius 1 is 1.25 bits per heavy atom. The van der Waals surface area contributed by atoms with Gasteiger partial charge in [0.05, 0.1) is 5.56 Å². The summed E-state index contributed by atoms with van der Waals surface area (Å²) in [5.41, 5.74) is -0.511. The van der Waals surface area contributed by atoms with Gasteiger partial charge >= 0.3 is 6.18 Å². The molecule has 0 saturated carbocycles. The third-order valence-electron chi connectivity index (χ3n) is 1.46. The lowest BCUT2D eigenvalue weighted by Gasteiger charge is -2.08. The van der Waals surface area contributed by atoms with Gasteiger partial charge in [-0.05, 0) is 6.07 Å². The first-order valence-electron chi connectivity index (χ1n) is 3.28. The predicted octanol–water partition coefficient (Wildman–Crippen LogP) is 0.669. The van der Waals surface area contributed by atoms with E-state index in [0.29, 0.717) is 5.46 Å². The molecule has 0 atom stereocenters. The Morgan fingerprint density at radius 2 is 1.83 bits per heavy atom. The summed E-state index contributed by atoms with van der Waals surface area (Å²) in [6.07, 6.45) is -4.48. The van der Waals surface area contributed by atoms with E-state index in [4.69, 9.17) is 5.11 Å². The molecule has 0 saturated heterocycles. The average molecular weight is 174 g/mol. The number of hydrogen-bond acceptors (Lipinski definition) is 1. The van der Waals surface area contributed by atoms with Crippen molar-refractivity contribution in [3.63, 3.8) is 0 Å². The second kappa shape index (κ2) is 2.73. The molecule has 64 valence electrons. The van der Waals surface area contributed by atoms with Crippen LogP contribution in [-0.4, -0.2) is 13.0 Å². The molecule has 0 aliphatic rings. The highest BCUT2D eigenvalue weighted by Gasteiger charge is 2.33. The topological polar surface area (TPSA) is 20.2 Å². The van der Waals surface area contributed by atoms with E-state index in [2.05, 4.69) is 0 Å². The lowest BCUT2D eigenvalue weighted by atomic mass is 9.94. The number of aromatic hydroxyl groups is 1. The lowest BCUT2D eigenvalue weighted by molar-refractivity contribution is -0.138. The fraction of sp³-hybridized carbons (Fsp3) is 0.143. The van der Waals surface area contributed by atoms with E-state index < -0.39 is 17.5 Å². The molecule has 1 N–H and O–H groups in total. The molecule has 0 aliphatic carbocycles. The highest BCUT2D eigenvalue weighted by atomic mass is 19.4. The molecule has 5 heteroatoms. The molecule has 1 aromatic carbocycles. The molecule has 0 amide bonds. The van der Waals surface area contributed by atoms with E-state index in [9.17, 15) is 13.2 Å². The summed E-state index contributed by atoms with van der Waals surface area (Å²) in [5, 5.41) is 8.85. The molecule has 0 unspecified atom stereocenters. The number of benzene rings is 1. The van der Waals surface area contributed by atoms with Crippen LogP contribution in [0.3, 0.4) is 0 Å². The lowest BCUT2D eigenvalue weighted by Crippen LogP contribution is -2.11. The van der Waals surface area contributed by atoms with Crippen molar-refractivity contribution in [2.45, 2.75) is 6.18 Å². The van der Waals surface area contributed by atoms with Crippen LogP contribution in [0.15, 0.2) is 18.2 Å². The van der Waals surface area contributed by atoms with E-state index in [1.165, 1.54) is 13.9 Å². The van der Waals surface area contributed by atoms with Crippen molar-refractivity contribution in [1.82, 2.24) is 0 Å². The first kappa shape index (κ1) is 8.97. The van der Waals surface area contributed by atoms with Crippen LogP contribution in [0, 0.1) is 0 Å². The van der Waals surface area contributed by atoms with Crippen LogP contribution in [0.25, 0.3) is 0 Å². The van der Waals surface area contributed by atoms with Gasteiger partial charge in [0.1, 0.15) is 13.6 Å². The fourth-order valence-corrected chi connectivity index (χ4v) is 0.877. The van der Waals surface area contributed by atoms with Crippen LogP contribution in [0.5, 0.6) is 5.75 Å². The van der Waals surface area contributed by atoms with E-state index in [0.717, 1.165) is 12.1 Å². The van der Waals surface area contributed by atoms with Crippen LogP contribution < -0.4 is 5.46 Å². The van der Waals surface area contributed by atoms with Crippen LogP contribution in [0.1, 0.15) is 5.56 Å². The summed E-state index contributed by atoms with van der Waals surface area (Å²) < 4.78 is 36.2. The molecule has 1 rings (SSSR count). The zero-order valence-electron chi connectivity index (χ0n) is 6.31. The number of phenolic OH excluding ortho intramolecular Hbond substituents is 1. The zero-order valence-corrected chi connectivity index (χ0v) is 6.31. The normalized spacial score (nSPS) is 11.6. The minimum atomic E-state index is -4.48. The van der Waals surface area contributed by atoms with E-state index in [-0.39, 0.29) is 0 Å². The maximum Gasteiger partial charge on any atom is 0.419 e. The summed E-state index contributed by atoms with van der Waals surface area (Å²) in [6, 6.07) is 3.37. The largest absolute Gasteiger partial charge is 0.507 e. The minimum Gasteiger partial charge on any atom is -0.507 e. The Bertz CT molecular complexity index is 295. The van der Waals surface area contributed by atoms with Gasteiger partial charge in [-0.1, -0.05) is 17.6 Å². The Labute approximate surface area is 68.2 Å². The van der Waals surface area contributed by atoms with Crippen molar-refractivity contribution in [1.29, 1.82) is 0 Å². The summed E-state index contributed by atoms with van der Waals surface area (Å²) in [5.74, 6) is -0.729. The Balaban J connectivity index is 3.23. The third kappa shape index (κ3) is 1.72. The zero-order chi connectivity index (χ0) is 9.35. The Kier molecular flexibility index (Phi) is 2.04. The van der Waals surface area contributed by atoms with Crippen molar-refractivity contribution < 1.29 is 18.3 Å². The molecule has 12 heavy (non-hydrogen) atoms. The second-order valence-corrected chi connectivity index (χ2v) is 2.52. The molecular weight excluding hydrogens is 168 g/mol. The van der Waals surface area contributed by atoms with Gasteiger partial charge in [0.2, 0.25) is 0 Å². The highest BCUT2D eigenvalue weighted by Crippen LogP contribution is 2.34. The number of hydrogen-bond donors (Lipinski definition) is 1. The third-order valence-corrected chi connectivity index (χ3v) is 1.46. The first-order valence-corrected chi connectivity index (χ1v) is 3.28. The monoisotopic (exact) mass is 174 g/mol. The molecule has 0 fully saturated rings. The van der Waals surface area contributed by atoms with E-state index in [1.54, 1.807) is 0 Å². The number of halogens is 3. The van der Waals surface area contributed by atoms with Crippen LogP contribution in [0.2, 0.25) is 0 Å². The molecule has 0 radical (unpaired) electrons. The molecule has 1 nitrogen and oxygen atoms in total. The summed E-state index contributed by atoms with van der Waals surface area (Å²) >= 11 is 0. The number of rotatable bonds is 0. The van der Waals surface area contributed by atoms with Crippen molar-refractivity contribution in [3.05, 3.63) is 23.8 Å². The first-order chi connectivity index (χ1) is 5.41. The quantitative estimate of drug-likeness (QED) is 0.573. The molecule has 0 bridgehead atoms. The number of phenols is 1. The maximum absolute atomic E-state index is 12.1. The highest BCUT2D eigenvalue weighted by molar-refractivity contribution is 6.32. The van der Waals surface area contributed by atoms with Gasteiger partial charge in [-0.25, -0.2) is 0 Å². The van der Waals surface area contributed by atoms with Gasteiger partial charge in [-0.15, -0.1) is 0 Å². The van der Waals surface area contributed by atoms with Crippen molar-refractivity contribution in [2.24, 2.45) is 0 Å². The molecular formula is C7H6BF3O. The standard InChI is InChI=1S/C7H6BF3O/c8-4-1-2-6(12)5(3-4)7(9,10)11/h1-3,12H,8H2. The number of alkyl halides is 3. The van der Waals surface area contributed by atoms with Gasteiger partial charge in [-0.2, -0.15) is 13.2 Å². The maximum atomic E-state index is 12.1. The minimum absolute atomic E-state index is 0.472. The molecule has 0 aliphatic heterocycles. The van der Waals surface area contributed by atoms with Crippen LogP contribution in [0.4, 0.5) is 13.2 Å². The van der Waals surface area contributed by atoms with Crippen molar-refractivity contribution in [3.8, 4) is 5.75 Å². The van der Waals surface area contributed by atoms with Gasteiger partial charge in [0, 0.05) is 0 Å². The second-order valence-electron chi connectivity index (χ2n) is 2.52. The molecule has 0 spiro atoms. The predicted molar refractivity (Wildman–Crippen MR) is 41.3 cm³/mol. The SMILES string of the molecule is Bc1ccc(O)c(C(F)(F)F)c1. The van der Waals surface area contributed by atoms with Crippen LogP contribution >= 0.6 is 0 Å². The Hall–Kier alpha value is -1.13. The van der Waals surface area contributed by atoms with Crippen molar-refractivity contribution in [2.75, 3.05) is 0 Å². The smallest absolute Gasteiger partial charge is 0.419 e. The van der Waals surface area contributed by atoms with Crippen molar-refractivity contribution >= 4 is 13.3 Å². The van der Waals surface area contributed by atoms with E-state index >= 15 is 0 Å². The van der Waals surface area contributed by atoms with Crippen LogP contribution in [-0.2, 0) is 6.18 Å². The molecule has 0 aromatic heterocycles. The Morgan fingerprint density at radius 3 is 2.25 bits per heavy atom. The van der Waals surface area contributed by atoms with Gasteiger partial charge in [0.15, 0.2) is 0 Å². The van der Waals surface area contributed by atoms with E-state index in [1.807, 2.05) is 0 Å². The van der Waals surface area contributed by atoms with Gasteiger partial charge in [-0.3, -0.25) is 0 Å². The summed E-state index contributed by atoms with van der Waals surface area (Å²) in [4.78, 5) is 0. The van der Waals surface area contributed by atoms with Gasteiger partial charge in [0.25, 0.3) is 0 Å². The van der Waals surface area contributed by atoms with Gasteiger partial charge < -0.3 is 5.11 Å². The molecule has 1 aromatic rings.